The Morgan fingerprint density at radius 3 is 2.73 bits per heavy atom. The molecule has 0 aliphatic rings. The topological polar surface area (TPSA) is 12.0 Å². The molecule has 0 spiro atoms. The van der Waals surface area contributed by atoms with Crippen LogP contribution < -0.4 is 5.32 Å². The normalized spacial score (nSPS) is 12.8. The maximum Gasteiger partial charge on any atom is 0.126 e. The van der Waals surface area contributed by atoms with Gasteiger partial charge in [-0.1, -0.05) is 29.8 Å². The monoisotopic (exact) mass is 273 g/mol. The zero-order chi connectivity index (χ0) is 11.3. The van der Waals surface area contributed by atoms with Crippen molar-refractivity contribution in [3.8, 4) is 0 Å². The van der Waals surface area contributed by atoms with Crippen molar-refractivity contribution in [3.63, 3.8) is 0 Å². The number of halogens is 2. The molecule has 0 fully saturated rings. The predicted octanol–water partition coefficient (Wildman–Crippen LogP) is 3.52. The predicted molar refractivity (Wildman–Crippen MR) is 65.6 cm³/mol. The lowest BCUT2D eigenvalue weighted by atomic mass is 10.0. The van der Waals surface area contributed by atoms with E-state index in [0.29, 0.717) is 6.04 Å². The maximum absolute atomic E-state index is 13.5. The fraction of sp³-hybridized carbons (Fsp3) is 0.500. The molecule has 0 amide bonds. The van der Waals surface area contributed by atoms with Gasteiger partial charge in [-0.15, -0.1) is 0 Å². The summed E-state index contributed by atoms with van der Waals surface area (Å²) >= 11 is 3.36. The van der Waals surface area contributed by atoms with Crippen molar-refractivity contribution >= 4 is 15.9 Å². The lowest BCUT2D eigenvalue weighted by Gasteiger charge is -2.16. The molecule has 1 N–H and O–H groups in total. The van der Waals surface area contributed by atoms with Crippen molar-refractivity contribution in [2.75, 3.05) is 6.54 Å². The Morgan fingerprint density at radius 1 is 1.40 bits per heavy atom. The summed E-state index contributed by atoms with van der Waals surface area (Å²) in [5.41, 5.74) is 0.775. The number of hydrogen-bond donors (Lipinski definition) is 1. The Bertz CT molecular complexity index is 314. The summed E-state index contributed by atoms with van der Waals surface area (Å²) in [6, 6.07) is 5.46. The van der Waals surface area contributed by atoms with E-state index in [9.17, 15) is 4.39 Å². The van der Waals surface area contributed by atoms with Gasteiger partial charge in [-0.2, -0.15) is 0 Å². The van der Waals surface area contributed by atoms with E-state index in [1.807, 2.05) is 6.07 Å². The van der Waals surface area contributed by atoms with Crippen LogP contribution in [0, 0.1) is 5.82 Å². The van der Waals surface area contributed by atoms with Crippen molar-refractivity contribution < 1.29 is 4.39 Å². The third-order valence-corrected chi connectivity index (χ3v) is 2.95. The highest BCUT2D eigenvalue weighted by Crippen LogP contribution is 2.17. The summed E-state index contributed by atoms with van der Waals surface area (Å²) in [6.07, 6.45) is 1.76. The molecule has 0 bridgehead atoms. The highest BCUT2D eigenvalue weighted by Gasteiger charge is 2.09. The Hall–Kier alpha value is -0.410. The zero-order valence-electron chi connectivity index (χ0n) is 9.19. The highest BCUT2D eigenvalue weighted by molar-refractivity contribution is 9.10. The summed E-state index contributed by atoms with van der Waals surface area (Å²) in [6.45, 7) is 5.11. The summed E-state index contributed by atoms with van der Waals surface area (Å²) < 4.78 is 14.4. The van der Waals surface area contributed by atoms with E-state index < -0.39 is 0 Å². The molecule has 1 nitrogen and oxygen atoms in total. The molecule has 0 radical (unpaired) electrons. The van der Waals surface area contributed by atoms with Gasteiger partial charge in [0, 0.05) is 10.5 Å². The second kappa shape index (κ2) is 6.23. The van der Waals surface area contributed by atoms with Crippen molar-refractivity contribution in [1.29, 1.82) is 0 Å². The van der Waals surface area contributed by atoms with Crippen LogP contribution in [-0.4, -0.2) is 12.6 Å². The lowest BCUT2D eigenvalue weighted by molar-refractivity contribution is 0.496. The number of rotatable bonds is 5. The van der Waals surface area contributed by atoms with Gasteiger partial charge in [0.15, 0.2) is 0 Å². The van der Waals surface area contributed by atoms with Crippen LogP contribution in [0.5, 0.6) is 0 Å². The van der Waals surface area contributed by atoms with Gasteiger partial charge in [-0.25, -0.2) is 4.39 Å². The van der Waals surface area contributed by atoms with Gasteiger partial charge in [0.25, 0.3) is 0 Å². The van der Waals surface area contributed by atoms with Crippen LogP contribution in [0.4, 0.5) is 4.39 Å². The highest BCUT2D eigenvalue weighted by atomic mass is 79.9. The van der Waals surface area contributed by atoms with E-state index in [0.717, 1.165) is 29.4 Å². The summed E-state index contributed by atoms with van der Waals surface area (Å²) in [5, 5.41) is 3.35. The molecule has 0 saturated carbocycles. The third kappa shape index (κ3) is 3.92. The number of likely N-dealkylation sites (N-methyl/N-ethyl adjacent to an activating group) is 1. The van der Waals surface area contributed by atoms with Crippen LogP contribution in [0.1, 0.15) is 25.8 Å². The quantitative estimate of drug-likeness (QED) is 0.866. The Labute approximate surface area is 99.2 Å². The van der Waals surface area contributed by atoms with Crippen molar-refractivity contribution in [2.24, 2.45) is 0 Å². The summed E-state index contributed by atoms with van der Waals surface area (Å²) in [7, 11) is 0. The van der Waals surface area contributed by atoms with Crippen LogP contribution in [0.15, 0.2) is 22.7 Å². The molecule has 1 unspecified atom stereocenters. The van der Waals surface area contributed by atoms with Gasteiger partial charge in [0.2, 0.25) is 0 Å². The van der Waals surface area contributed by atoms with E-state index in [4.69, 9.17) is 0 Å². The van der Waals surface area contributed by atoms with Gasteiger partial charge in [-0.3, -0.25) is 0 Å². The number of nitrogens with one attached hydrogen (secondary N) is 1. The molecule has 0 aliphatic heterocycles. The molecule has 1 atom stereocenters. The fourth-order valence-corrected chi connectivity index (χ4v) is 2.02. The van der Waals surface area contributed by atoms with Gasteiger partial charge in [0.05, 0.1) is 0 Å². The van der Waals surface area contributed by atoms with Gasteiger partial charge in [-0.05, 0) is 43.1 Å². The van der Waals surface area contributed by atoms with Crippen LogP contribution in [-0.2, 0) is 6.42 Å². The van der Waals surface area contributed by atoms with E-state index in [-0.39, 0.29) is 5.82 Å². The first-order valence-corrected chi connectivity index (χ1v) is 6.14. The minimum atomic E-state index is -0.116. The van der Waals surface area contributed by atoms with Crippen LogP contribution in [0.3, 0.4) is 0 Å². The molecule has 0 heterocycles. The SMILES string of the molecule is CCNC(CC)Cc1cc(Br)ccc1F. The van der Waals surface area contributed by atoms with Crippen LogP contribution >= 0.6 is 15.9 Å². The third-order valence-electron chi connectivity index (χ3n) is 2.46. The first kappa shape index (κ1) is 12.7. The molecule has 1 aromatic carbocycles. The van der Waals surface area contributed by atoms with Gasteiger partial charge in [0.1, 0.15) is 5.82 Å². The fourth-order valence-electron chi connectivity index (χ4n) is 1.61. The molecule has 3 heteroatoms. The second-order valence-corrected chi connectivity index (χ2v) is 4.52. The average Bonchev–Trinajstić information content (AvgIpc) is 2.22. The smallest absolute Gasteiger partial charge is 0.126 e. The largest absolute Gasteiger partial charge is 0.314 e. The first-order valence-electron chi connectivity index (χ1n) is 5.34. The standard InChI is InChI=1S/C12H17BrFN/c1-3-11(15-4-2)8-9-7-10(13)5-6-12(9)14/h5-7,11,15H,3-4,8H2,1-2H3. The molecular weight excluding hydrogens is 257 g/mol. The first-order chi connectivity index (χ1) is 7.17. The second-order valence-electron chi connectivity index (χ2n) is 3.60. The number of benzene rings is 1. The Kier molecular flexibility index (Phi) is 5.26. The minimum Gasteiger partial charge on any atom is -0.314 e. The number of hydrogen-bond acceptors (Lipinski definition) is 1. The van der Waals surface area contributed by atoms with E-state index in [1.165, 1.54) is 6.07 Å². The van der Waals surface area contributed by atoms with Gasteiger partial charge >= 0.3 is 0 Å². The average molecular weight is 274 g/mol. The van der Waals surface area contributed by atoms with Crippen LogP contribution in [0.2, 0.25) is 0 Å². The van der Waals surface area contributed by atoms with E-state index in [1.54, 1.807) is 6.07 Å². The van der Waals surface area contributed by atoms with Crippen molar-refractivity contribution in [3.05, 3.63) is 34.1 Å². The van der Waals surface area contributed by atoms with Crippen molar-refractivity contribution in [1.82, 2.24) is 5.32 Å². The lowest BCUT2D eigenvalue weighted by Crippen LogP contribution is -2.30. The summed E-state index contributed by atoms with van der Waals surface area (Å²) in [5.74, 6) is -0.116. The van der Waals surface area contributed by atoms with E-state index in [2.05, 4.69) is 35.1 Å². The molecule has 0 saturated heterocycles. The van der Waals surface area contributed by atoms with Crippen molar-refractivity contribution in [2.45, 2.75) is 32.7 Å². The molecule has 0 aliphatic carbocycles. The molecular formula is C12H17BrFN. The molecule has 84 valence electrons. The summed E-state index contributed by atoms with van der Waals surface area (Å²) in [4.78, 5) is 0. The Morgan fingerprint density at radius 2 is 2.13 bits per heavy atom. The Balaban J connectivity index is 2.73. The van der Waals surface area contributed by atoms with Crippen LogP contribution in [0.25, 0.3) is 0 Å². The van der Waals surface area contributed by atoms with E-state index >= 15 is 0 Å². The maximum atomic E-state index is 13.5. The zero-order valence-corrected chi connectivity index (χ0v) is 10.8. The molecule has 1 aromatic rings. The minimum absolute atomic E-state index is 0.116. The molecule has 1 rings (SSSR count). The van der Waals surface area contributed by atoms with Gasteiger partial charge < -0.3 is 5.32 Å². The molecule has 0 aromatic heterocycles. The molecule has 15 heavy (non-hydrogen) atoms.